The van der Waals surface area contributed by atoms with Gasteiger partial charge in [-0.15, -0.1) is 0 Å². The third-order valence-corrected chi connectivity index (χ3v) is 3.07. The topological polar surface area (TPSA) is 78.6 Å². The molecule has 0 aliphatic carbocycles. The highest BCUT2D eigenvalue weighted by Crippen LogP contribution is 2.24. The number of nitrogen functional groups attached to an aromatic ring is 1. The Balaban J connectivity index is 2.36. The summed E-state index contributed by atoms with van der Waals surface area (Å²) in [5.74, 6) is -0.403. The number of carbonyl (C=O) groups is 1. The average Bonchev–Trinajstić information content (AvgIpc) is 2.37. The van der Waals surface area contributed by atoms with Gasteiger partial charge in [-0.3, -0.25) is 10.0 Å². The normalized spacial score (nSPS) is 18.2. The molecule has 1 aromatic carbocycles. The van der Waals surface area contributed by atoms with Gasteiger partial charge in [0.25, 0.3) is 5.91 Å². The molecule has 1 aromatic rings. The number of amides is 1. The van der Waals surface area contributed by atoms with Crippen molar-refractivity contribution < 1.29 is 10.0 Å². The average molecular weight is 259 g/mol. The fraction of sp³-hybridized carbons (Fsp3) is 0.214. The summed E-state index contributed by atoms with van der Waals surface area (Å²) in [6, 6.07) is 7.32. The molecule has 1 aliphatic heterocycles. The number of benzene rings is 1. The first-order chi connectivity index (χ1) is 9.00. The molecule has 0 fully saturated rings. The Bertz CT molecular complexity index is 576. The largest absolute Gasteiger partial charge is 0.397 e. The number of nitrogens with one attached hydrogen (secondary N) is 1. The monoisotopic (exact) mass is 259 g/mol. The zero-order valence-electron chi connectivity index (χ0n) is 11.0. The van der Waals surface area contributed by atoms with Gasteiger partial charge in [0, 0.05) is 5.70 Å². The summed E-state index contributed by atoms with van der Waals surface area (Å²) in [7, 11) is 0. The number of anilines is 2. The van der Waals surface area contributed by atoms with Crippen LogP contribution in [0, 0.1) is 0 Å². The molecule has 0 saturated heterocycles. The molecule has 1 heterocycles. The van der Waals surface area contributed by atoms with E-state index in [0.717, 1.165) is 11.3 Å². The Morgan fingerprint density at radius 3 is 2.79 bits per heavy atom. The molecule has 100 valence electrons. The van der Waals surface area contributed by atoms with E-state index >= 15 is 0 Å². The third kappa shape index (κ3) is 2.61. The number of para-hydroxylation sites is 2. The molecule has 5 heteroatoms. The molecular weight excluding hydrogens is 242 g/mol. The van der Waals surface area contributed by atoms with Gasteiger partial charge in [-0.05, 0) is 31.6 Å². The molecule has 0 saturated carbocycles. The third-order valence-electron chi connectivity index (χ3n) is 3.07. The van der Waals surface area contributed by atoms with Gasteiger partial charge in [0.15, 0.2) is 0 Å². The highest BCUT2D eigenvalue weighted by atomic mass is 16.5. The van der Waals surface area contributed by atoms with Crippen LogP contribution < -0.4 is 11.1 Å². The van der Waals surface area contributed by atoms with E-state index in [4.69, 9.17) is 5.73 Å². The first kappa shape index (κ1) is 13.2. The molecule has 0 radical (unpaired) electrons. The van der Waals surface area contributed by atoms with Crippen LogP contribution in [0.2, 0.25) is 0 Å². The Hall–Kier alpha value is -2.27. The van der Waals surface area contributed by atoms with E-state index < -0.39 is 5.91 Å². The van der Waals surface area contributed by atoms with Crippen molar-refractivity contribution in [3.05, 3.63) is 47.2 Å². The fourth-order valence-electron chi connectivity index (χ4n) is 2.04. The standard InChI is InChI=1S/C14H17N3O2/c1-9-7-8-17(19)14(18)13(9)10(2)16-12-6-4-3-5-11(12)15/h3-7,16,19H,8,15H2,1-2H3. The van der Waals surface area contributed by atoms with Gasteiger partial charge in [-0.1, -0.05) is 18.2 Å². The zero-order valence-corrected chi connectivity index (χ0v) is 11.0. The second-order valence-electron chi connectivity index (χ2n) is 4.49. The van der Waals surface area contributed by atoms with Crippen molar-refractivity contribution in [3.63, 3.8) is 0 Å². The smallest absolute Gasteiger partial charge is 0.279 e. The lowest BCUT2D eigenvalue weighted by molar-refractivity contribution is -0.158. The maximum atomic E-state index is 12.0. The second-order valence-corrected chi connectivity index (χ2v) is 4.49. The minimum atomic E-state index is -0.403. The van der Waals surface area contributed by atoms with Crippen LogP contribution in [0.15, 0.2) is 47.2 Å². The van der Waals surface area contributed by atoms with Crippen molar-refractivity contribution in [2.45, 2.75) is 13.8 Å². The van der Waals surface area contributed by atoms with E-state index in [0.29, 0.717) is 22.0 Å². The van der Waals surface area contributed by atoms with E-state index in [-0.39, 0.29) is 6.54 Å². The molecule has 19 heavy (non-hydrogen) atoms. The van der Waals surface area contributed by atoms with Crippen LogP contribution in [0.1, 0.15) is 13.8 Å². The molecular formula is C14H17N3O2. The fourth-order valence-corrected chi connectivity index (χ4v) is 2.04. The quantitative estimate of drug-likeness (QED) is 0.432. The highest BCUT2D eigenvalue weighted by Gasteiger charge is 2.24. The number of allylic oxidation sites excluding steroid dienone is 1. The molecule has 4 N–H and O–H groups in total. The predicted octanol–water partition coefficient (Wildman–Crippen LogP) is 2.13. The van der Waals surface area contributed by atoms with Gasteiger partial charge in [-0.25, -0.2) is 5.06 Å². The Kier molecular flexibility index (Phi) is 3.57. The minimum Gasteiger partial charge on any atom is -0.397 e. The van der Waals surface area contributed by atoms with Crippen molar-refractivity contribution in [1.29, 1.82) is 0 Å². The van der Waals surface area contributed by atoms with Gasteiger partial charge < -0.3 is 11.1 Å². The minimum absolute atomic E-state index is 0.217. The Morgan fingerprint density at radius 1 is 1.42 bits per heavy atom. The maximum Gasteiger partial charge on any atom is 0.279 e. The number of nitrogens with two attached hydrogens (primary N) is 1. The summed E-state index contributed by atoms with van der Waals surface area (Å²) in [6.07, 6.45) is 1.80. The molecule has 5 nitrogen and oxygen atoms in total. The van der Waals surface area contributed by atoms with Gasteiger partial charge in [0.05, 0.1) is 23.5 Å². The number of nitrogens with zero attached hydrogens (tertiary/aromatic N) is 1. The van der Waals surface area contributed by atoms with Gasteiger partial charge in [-0.2, -0.15) is 0 Å². The molecule has 0 spiro atoms. The van der Waals surface area contributed by atoms with Crippen LogP contribution in [0.25, 0.3) is 0 Å². The van der Waals surface area contributed by atoms with Gasteiger partial charge >= 0.3 is 0 Å². The van der Waals surface area contributed by atoms with Crippen molar-refractivity contribution in [1.82, 2.24) is 5.06 Å². The molecule has 0 atom stereocenters. The van der Waals surface area contributed by atoms with Crippen molar-refractivity contribution >= 4 is 17.3 Å². The van der Waals surface area contributed by atoms with Crippen molar-refractivity contribution in [2.24, 2.45) is 0 Å². The number of hydrogen-bond donors (Lipinski definition) is 3. The van der Waals surface area contributed by atoms with Crippen molar-refractivity contribution in [3.8, 4) is 0 Å². The van der Waals surface area contributed by atoms with E-state index in [9.17, 15) is 10.0 Å². The Morgan fingerprint density at radius 2 is 2.11 bits per heavy atom. The molecule has 0 bridgehead atoms. The predicted molar refractivity (Wildman–Crippen MR) is 74.4 cm³/mol. The van der Waals surface area contributed by atoms with Crippen LogP contribution >= 0.6 is 0 Å². The summed E-state index contributed by atoms with van der Waals surface area (Å²) in [4.78, 5) is 12.0. The first-order valence-electron chi connectivity index (χ1n) is 6.01. The van der Waals surface area contributed by atoms with E-state index in [1.54, 1.807) is 19.1 Å². The Labute approximate surface area is 112 Å². The van der Waals surface area contributed by atoms with Crippen LogP contribution in [-0.4, -0.2) is 22.7 Å². The second kappa shape index (κ2) is 5.16. The van der Waals surface area contributed by atoms with E-state index in [1.165, 1.54) is 0 Å². The lowest BCUT2D eigenvalue weighted by Crippen LogP contribution is -2.34. The van der Waals surface area contributed by atoms with Gasteiger partial charge in [0.2, 0.25) is 0 Å². The zero-order chi connectivity index (χ0) is 14.0. The van der Waals surface area contributed by atoms with Crippen molar-refractivity contribution in [2.75, 3.05) is 17.6 Å². The molecule has 1 aliphatic rings. The SMILES string of the molecule is CC1=CCN(O)C(=O)C1=C(C)Nc1ccccc1N. The number of rotatable bonds is 2. The summed E-state index contributed by atoms with van der Waals surface area (Å²) < 4.78 is 0. The number of hydrogen-bond acceptors (Lipinski definition) is 4. The van der Waals surface area contributed by atoms with E-state index in [1.807, 2.05) is 25.1 Å². The van der Waals surface area contributed by atoms with Crippen LogP contribution in [0.4, 0.5) is 11.4 Å². The summed E-state index contributed by atoms with van der Waals surface area (Å²) in [5.41, 5.74) is 9.17. The molecule has 0 unspecified atom stereocenters. The number of hydroxylamine groups is 2. The van der Waals surface area contributed by atoms with Crippen LogP contribution in [-0.2, 0) is 4.79 Å². The molecule has 2 rings (SSSR count). The lowest BCUT2D eigenvalue weighted by Gasteiger charge is -2.23. The van der Waals surface area contributed by atoms with Gasteiger partial charge in [0.1, 0.15) is 0 Å². The maximum absolute atomic E-state index is 12.0. The summed E-state index contributed by atoms with van der Waals surface area (Å²) in [5, 5.41) is 13.3. The van der Waals surface area contributed by atoms with E-state index in [2.05, 4.69) is 5.32 Å². The summed E-state index contributed by atoms with van der Waals surface area (Å²) >= 11 is 0. The number of carbonyl (C=O) groups excluding carboxylic acids is 1. The summed E-state index contributed by atoms with van der Waals surface area (Å²) in [6.45, 7) is 3.85. The van der Waals surface area contributed by atoms with Crippen LogP contribution in [0.5, 0.6) is 0 Å². The highest BCUT2D eigenvalue weighted by molar-refractivity contribution is 5.99. The first-order valence-corrected chi connectivity index (χ1v) is 6.01. The van der Waals surface area contributed by atoms with Crippen LogP contribution in [0.3, 0.4) is 0 Å². The lowest BCUT2D eigenvalue weighted by atomic mass is 10.0. The molecule has 1 amide bonds. The molecule has 0 aromatic heterocycles.